The Labute approximate surface area is 147 Å². The van der Waals surface area contributed by atoms with Crippen LogP contribution in [0.15, 0.2) is 34.3 Å². The standard InChI is InChI=1S/C16H16N6O2S/c1-17-16-19-11(9-25-16)15(23)22-8-4-6-12(22)14-20-13(21-24-14)10-5-2-3-7-18-10/h2-3,5,7,9,12H,4,6,8H2,1H3,(H,17,19)/t12-/m1/s1. The molecule has 0 radical (unpaired) electrons. The Hall–Kier alpha value is -2.81. The van der Waals surface area contributed by atoms with Crippen LogP contribution in [0, 0.1) is 0 Å². The van der Waals surface area contributed by atoms with Crippen molar-refractivity contribution in [3.8, 4) is 11.5 Å². The third-order valence-electron chi connectivity index (χ3n) is 4.07. The van der Waals surface area contributed by atoms with Crippen LogP contribution in [-0.4, -0.2) is 44.5 Å². The lowest BCUT2D eigenvalue weighted by Gasteiger charge is -2.20. The lowest BCUT2D eigenvalue weighted by atomic mass is 10.2. The zero-order valence-corrected chi connectivity index (χ0v) is 14.4. The van der Waals surface area contributed by atoms with Gasteiger partial charge in [0.2, 0.25) is 11.7 Å². The smallest absolute Gasteiger partial charge is 0.274 e. The van der Waals surface area contributed by atoms with Gasteiger partial charge in [-0.05, 0) is 25.0 Å². The molecule has 4 rings (SSSR count). The lowest BCUT2D eigenvalue weighted by molar-refractivity contribution is 0.0705. The summed E-state index contributed by atoms with van der Waals surface area (Å²) in [6.45, 7) is 0.650. The van der Waals surface area contributed by atoms with Crippen LogP contribution >= 0.6 is 11.3 Å². The van der Waals surface area contributed by atoms with Crippen LogP contribution in [0.3, 0.4) is 0 Å². The molecule has 1 atom stereocenters. The number of amides is 1. The number of aromatic nitrogens is 4. The second kappa shape index (κ2) is 6.60. The van der Waals surface area contributed by atoms with Crippen LogP contribution in [0.4, 0.5) is 5.13 Å². The first-order chi connectivity index (χ1) is 12.3. The first-order valence-electron chi connectivity index (χ1n) is 7.95. The number of nitrogens with one attached hydrogen (secondary N) is 1. The number of hydrogen-bond donors (Lipinski definition) is 1. The minimum Gasteiger partial charge on any atom is -0.365 e. The van der Waals surface area contributed by atoms with Crippen molar-refractivity contribution >= 4 is 22.4 Å². The van der Waals surface area contributed by atoms with Gasteiger partial charge in [0.1, 0.15) is 17.4 Å². The van der Waals surface area contributed by atoms with Crippen molar-refractivity contribution in [1.82, 2.24) is 25.0 Å². The Morgan fingerprint density at radius 2 is 2.32 bits per heavy atom. The van der Waals surface area contributed by atoms with Gasteiger partial charge in [-0.2, -0.15) is 4.98 Å². The van der Waals surface area contributed by atoms with Crippen LogP contribution in [-0.2, 0) is 0 Å². The summed E-state index contributed by atoms with van der Waals surface area (Å²) in [4.78, 5) is 27.5. The minimum absolute atomic E-state index is 0.113. The number of pyridine rings is 1. The van der Waals surface area contributed by atoms with Crippen molar-refractivity contribution in [2.75, 3.05) is 18.9 Å². The molecule has 128 valence electrons. The summed E-state index contributed by atoms with van der Waals surface area (Å²) in [5, 5.41) is 9.43. The number of anilines is 1. The Balaban J connectivity index is 1.57. The number of thiazole rings is 1. The van der Waals surface area contributed by atoms with E-state index in [1.54, 1.807) is 23.5 Å². The van der Waals surface area contributed by atoms with Crippen molar-refractivity contribution in [1.29, 1.82) is 0 Å². The van der Waals surface area contributed by atoms with Crippen LogP contribution in [0.2, 0.25) is 0 Å². The number of rotatable bonds is 4. The first-order valence-corrected chi connectivity index (χ1v) is 8.83. The van der Waals surface area contributed by atoms with Gasteiger partial charge in [-0.25, -0.2) is 4.98 Å². The second-order valence-electron chi connectivity index (χ2n) is 5.62. The molecule has 1 aliphatic rings. The summed E-state index contributed by atoms with van der Waals surface area (Å²) in [6.07, 6.45) is 3.36. The SMILES string of the molecule is CNc1nc(C(=O)N2CCC[C@@H]2c2nc(-c3ccccn3)no2)cs1. The monoisotopic (exact) mass is 356 g/mol. The van der Waals surface area contributed by atoms with E-state index in [1.807, 2.05) is 18.2 Å². The highest BCUT2D eigenvalue weighted by Crippen LogP contribution is 2.33. The molecule has 9 heteroatoms. The van der Waals surface area contributed by atoms with E-state index in [0.717, 1.165) is 12.8 Å². The van der Waals surface area contributed by atoms with Gasteiger partial charge in [-0.1, -0.05) is 11.2 Å². The molecule has 0 spiro atoms. The predicted molar refractivity (Wildman–Crippen MR) is 92.2 cm³/mol. The molecule has 0 aliphatic carbocycles. The first kappa shape index (κ1) is 15.7. The third kappa shape index (κ3) is 2.98. The molecule has 25 heavy (non-hydrogen) atoms. The zero-order valence-electron chi connectivity index (χ0n) is 13.5. The quantitative estimate of drug-likeness (QED) is 0.767. The maximum absolute atomic E-state index is 12.8. The van der Waals surface area contributed by atoms with Gasteiger partial charge in [0, 0.05) is 25.2 Å². The van der Waals surface area contributed by atoms with Crippen molar-refractivity contribution in [3.63, 3.8) is 0 Å². The molecule has 0 unspecified atom stereocenters. The molecule has 0 saturated carbocycles. The number of nitrogens with zero attached hydrogens (tertiary/aromatic N) is 5. The van der Waals surface area contributed by atoms with Gasteiger partial charge in [0.25, 0.3) is 5.91 Å². The van der Waals surface area contributed by atoms with Crippen molar-refractivity contribution in [3.05, 3.63) is 41.4 Å². The van der Waals surface area contributed by atoms with Gasteiger partial charge in [0.15, 0.2) is 5.13 Å². The van der Waals surface area contributed by atoms with Gasteiger partial charge in [-0.15, -0.1) is 11.3 Å². The summed E-state index contributed by atoms with van der Waals surface area (Å²) in [5.41, 5.74) is 1.08. The topological polar surface area (TPSA) is 97.0 Å². The average molecular weight is 356 g/mol. The Morgan fingerprint density at radius 1 is 1.40 bits per heavy atom. The Bertz CT molecular complexity index is 878. The maximum Gasteiger partial charge on any atom is 0.274 e. The van der Waals surface area contributed by atoms with E-state index < -0.39 is 0 Å². The van der Waals surface area contributed by atoms with Crippen molar-refractivity contribution < 1.29 is 9.32 Å². The molecule has 1 amide bonds. The molecular formula is C16H16N6O2S. The van der Waals surface area contributed by atoms with Crippen molar-refractivity contribution in [2.24, 2.45) is 0 Å². The molecule has 3 aromatic rings. The Kier molecular flexibility index (Phi) is 4.14. The van der Waals surface area contributed by atoms with E-state index >= 15 is 0 Å². The van der Waals surface area contributed by atoms with E-state index in [0.29, 0.717) is 34.8 Å². The molecule has 1 aliphatic heterocycles. The normalized spacial score (nSPS) is 17.0. The molecule has 0 bridgehead atoms. The highest BCUT2D eigenvalue weighted by molar-refractivity contribution is 7.13. The second-order valence-corrected chi connectivity index (χ2v) is 6.47. The summed E-state index contributed by atoms with van der Waals surface area (Å²) in [5.74, 6) is 0.759. The van der Waals surface area contributed by atoms with Crippen LogP contribution < -0.4 is 5.32 Å². The molecule has 1 fully saturated rings. The third-order valence-corrected chi connectivity index (χ3v) is 4.93. The van der Waals surface area contributed by atoms with Gasteiger partial charge in [-0.3, -0.25) is 9.78 Å². The van der Waals surface area contributed by atoms with E-state index in [9.17, 15) is 4.79 Å². The molecular weight excluding hydrogens is 340 g/mol. The fraction of sp³-hybridized carbons (Fsp3) is 0.312. The number of likely N-dealkylation sites (tertiary alicyclic amines) is 1. The van der Waals surface area contributed by atoms with Crippen LogP contribution in [0.5, 0.6) is 0 Å². The average Bonchev–Trinajstić information content (AvgIpc) is 3.41. The highest BCUT2D eigenvalue weighted by atomic mass is 32.1. The van der Waals surface area contributed by atoms with Crippen LogP contribution in [0.1, 0.15) is 35.3 Å². The molecule has 8 nitrogen and oxygen atoms in total. The highest BCUT2D eigenvalue weighted by Gasteiger charge is 2.35. The van der Waals surface area contributed by atoms with Gasteiger partial charge in [0.05, 0.1) is 0 Å². The van der Waals surface area contributed by atoms with Crippen molar-refractivity contribution in [2.45, 2.75) is 18.9 Å². The van der Waals surface area contributed by atoms with Gasteiger partial charge >= 0.3 is 0 Å². The number of hydrogen-bond acceptors (Lipinski definition) is 8. The zero-order chi connectivity index (χ0) is 17.2. The lowest BCUT2D eigenvalue weighted by Crippen LogP contribution is -2.31. The predicted octanol–water partition coefficient (Wildman–Crippen LogP) is 2.61. The fourth-order valence-corrected chi connectivity index (χ4v) is 3.52. The number of carbonyl (C=O) groups excluding carboxylic acids is 1. The summed E-state index contributed by atoms with van der Waals surface area (Å²) < 4.78 is 5.42. The largest absolute Gasteiger partial charge is 0.365 e. The van der Waals surface area contributed by atoms with E-state index in [4.69, 9.17) is 4.52 Å². The number of carbonyl (C=O) groups is 1. The maximum atomic E-state index is 12.8. The summed E-state index contributed by atoms with van der Waals surface area (Å²) in [6, 6.07) is 5.29. The molecule has 1 N–H and O–H groups in total. The molecule has 4 heterocycles. The van der Waals surface area contributed by atoms with E-state index in [-0.39, 0.29) is 11.9 Å². The van der Waals surface area contributed by atoms with E-state index in [1.165, 1.54) is 11.3 Å². The molecule has 1 saturated heterocycles. The fourth-order valence-electron chi connectivity index (χ4n) is 2.87. The molecule has 0 aromatic carbocycles. The van der Waals surface area contributed by atoms with Crippen LogP contribution in [0.25, 0.3) is 11.5 Å². The van der Waals surface area contributed by atoms with E-state index in [2.05, 4.69) is 25.4 Å². The Morgan fingerprint density at radius 3 is 3.08 bits per heavy atom. The molecule has 3 aromatic heterocycles. The summed E-state index contributed by atoms with van der Waals surface area (Å²) >= 11 is 1.41. The van der Waals surface area contributed by atoms with Gasteiger partial charge < -0.3 is 14.7 Å². The minimum atomic E-state index is -0.225. The summed E-state index contributed by atoms with van der Waals surface area (Å²) in [7, 11) is 1.78.